The molecular weight excluding hydrogens is 357 g/mol. The number of hydrogen-bond donors (Lipinski definition) is 1. The molecule has 1 saturated carbocycles. The molecule has 1 N–H and O–H groups in total. The first-order valence-corrected chi connectivity index (χ1v) is 11.4. The molecule has 0 heterocycles. The number of anilines is 1. The van der Waals surface area contributed by atoms with Crippen molar-refractivity contribution in [3.63, 3.8) is 0 Å². The van der Waals surface area contributed by atoms with E-state index < -0.39 is 13.2 Å². The second-order valence-electron chi connectivity index (χ2n) is 7.66. The lowest BCUT2D eigenvalue weighted by Gasteiger charge is -2.31. The molecule has 0 bridgehead atoms. The predicted molar refractivity (Wildman–Crippen MR) is 112 cm³/mol. The summed E-state index contributed by atoms with van der Waals surface area (Å²) in [5.41, 5.74) is 2.76. The van der Waals surface area contributed by atoms with Gasteiger partial charge in [0.15, 0.2) is 5.85 Å². The van der Waals surface area contributed by atoms with Gasteiger partial charge in [-0.15, -0.1) is 0 Å². The molecule has 1 aliphatic rings. The highest BCUT2D eigenvalue weighted by Gasteiger charge is 2.39. The molecular formula is C22H30NO3P. The van der Waals surface area contributed by atoms with Crippen LogP contribution < -0.4 is 10.2 Å². The summed E-state index contributed by atoms with van der Waals surface area (Å²) in [6, 6.07) is 15.0. The molecule has 0 amide bonds. The van der Waals surface area contributed by atoms with Gasteiger partial charge < -0.3 is 14.5 Å². The maximum absolute atomic E-state index is 14.1. The molecule has 0 aliphatic heterocycles. The van der Waals surface area contributed by atoms with Crippen LogP contribution in [0.25, 0.3) is 0 Å². The van der Waals surface area contributed by atoms with E-state index in [2.05, 4.69) is 0 Å². The molecule has 1 fully saturated rings. The van der Waals surface area contributed by atoms with Crippen molar-refractivity contribution in [2.75, 3.05) is 19.0 Å². The third-order valence-corrected chi connectivity index (χ3v) is 7.85. The van der Waals surface area contributed by atoms with E-state index in [-0.39, 0.29) is 6.10 Å². The highest BCUT2D eigenvalue weighted by atomic mass is 31.2. The summed E-state index contributed by atoms with van der Waals surface area (Å²) in [7, 11) is 0.452. The van der Waals surface area contributed by atoms with E-state index in [9.17, 15) is 9.67 Å². The quantitative estimate of drug-likeness (QED) is 0.709. The van der Waals surface area contributed by atoms with Crippen LogP contribution in [0.1, 0.15) is 49.1 Å². The van der Waals surface area contributed by atoms with Crippen LogP contribution in [0.5, 0.6) is 0 Å². The van der Waals surface area contributed by atoms with Gasteiger partial charge in [0.2, 0.25) is 0 Å². The first-order valence-electron chi connectivity index (χ1n) is 9.71. The van der Waals surface area contributed by atoms with Crippen molar-refractivity contribution in [1.82, 2.24) is 0 Å². The highest BCUT2D eigenvalue weighted by Crippen LogP contribution is 2.59. The van der Waals surface area contributed by atoms with Crippen LogP contribution in [0.3, 0.4) is 0 Å². The van der Waals surface area contributed by atoms with Crippen molar-refractivity contribution in [2.24, 2.45) is 0 Å². The van der Waals surface area contributed by atoms with Gasteiger partial charge in [0.05, 0.1) is 6.10 Å². The lowest BCUT2D eigenvalue weighted by atomic mass is 9.98. The molecule has 5 heteroatoms. The van der Waals surface area contributed by atoms with Gasteiger partial charge in [-0.3, -0.25) is 4.57 Å². The normalized spacial score (nSPS) is 18.7. The number of aliphatic hydroxyl groups is 1. The fourth-order valence-corrected chi connectivity index (χ4v) is 5.85. The number of nitrogens with zero attached hydrogens (tertiary/aromatic N) is 1. The monoisotopic (exact) mass is 387 g/mol. The Balaban J connectivity index is 1.96. The summed E-state index contributed by atoms with van der Waals surface area (Å²) in [5.74, 6) is -1.16. The Morgan fingerprint density at radius 2 is 1.59 bits per heavy atom. The molecule has 0 radical (unpaired) electrons. The van der Waals surface area contributed by atoms with Gasteiger partial charge in [0, 0.05) is 25.1 Å². The topological polar surface area (TPSA) is 49.8 Å². The molecule has 2 aromatic carbocycles. The van der Waals surface area contributed by atoms with Crippen molar-refractivity contribution in [3.8, 4) is 0 Å². The van der Waals surface area contributed by atoms with Gasteiger partial charge in [-0.2, -0.15) is 0 Å². The van der Waals surface area contributed by atoms with Crippen LogP contribution in [0.15, 0.2) is 48.5 Å². The molecule has 2 aromatic rings. The van der Waals surface area contributed by atoms with Crippen molar-refractivity contribution < 1.29 is 14.2 Å². The van der Waals surface area contributed by atoms with Crippen molar-refractivity contribution in [2.45, 2.75) is 51.0 Å². The van der Waals surface area contributed by atoms with E-state index in [0.29, 0.717) is 10.9 Å². The summed E-state index contributed by atoms with van der Waals surface area (Å²) in [6.45, 7) is 1.99. The molecule has 27 heavy (non-hydrogen) atoms. The summed E-state index contributed by atoms with van der Waals surface area (Å²) in [4.78, 5) is 1.99. The van der Waals surface area contributed by atoms with Gasteiger partial charge >= 0.3 is 0 Å². The second kappa shape index (κ2) is 8.60. The summed E-state index contributed by atoms with van der Waals surface area (Å²) >= 11 is 0. The molecule has 3 rings (SSSR count). The van der Waals surface area contributed by atoms with Crippen molar-refractivity contribution in [1.29, 1.82) is 0 Å². The molecule has 2 atom stereocenters. The number of hydrogen-bond acceptors (Lipinski definition) is 4. The third kappa shape index (κ3) is 4.63. The van der Waals surface area contributed by atoms with E-state index in [1.807, 2.05) is 74.4 Å². The SMILES string of the molecule is Cc1ccc(C(O)P(=O)(OC2CCCCC2)c2ccc(N(C)C)cc2)cc1. The van der Waals surface area contributed by atoms with Crippen LogP contribution in [0.4, 0.5) is 5.69 Å². The van der Waals surface area contributed by atoms with Crippen LogP contribution >= 0.6 is 7.37 Å². The Morgan fingerprint density at radius 1 is 1.00 bits per heavy atom. The van der Waals surface area contributed by atoms with Gasteiger partial charge in [0.1, 0.15) is 0 Å². The summed E-state index contributed by atoms with van der Waals surface area (Å²) in [5, 5.41) is 11.7. The van der Waals surface area contributed by atoms with Crippen LogP contribution in [-0.2, 0) is 9.09 Å². The van der Waals surface area contributed by atoms with Gasteiger partial charge in [-0.05, 0) is 49.6 Å². The second-order valence-corrected chi connectivity index (χ2v) is 10.1. The third-order valence-electron chi connectivity index (χ3n) is 5.28. The zero-order chi connectivity index (χ0) is 19.4. The Hall–Kier alpha value is -1.61. The lowest BCUT2D eigenvalue weighted by Crippen LogP contribution is -2.22. The minimum Gasteiger partial charge on any atom is -0.378 e. The average Bonchev–Trinajstić information content (AvgIpc) is 2.69. The van der Waals surface area contributed by atoms with E-state index in [4.69, 9.17) is 4.52 Å². The van der Waals surface area contributed by atoms with Gasteiger partial charge in [-0.1, -0.05) is 49.1 Å². The van der Waals surface area contributed by atoms with Crippen LogP contribution in [0.2, 0.25) is 0 Å². The molecule has 2 unspecified atom stereocenters. The Kier molecular flexibility index (Phi) is 6.41. The largest absolute Gasteiger partial charge is 0.378 e. The first kappa shape index (κ1) is 20.1. The fraction of sp³-hybridized carbons (Fsp3) is 0.455. The Morgan fingerprint density at radius 3 is 2.15 bits per heavy atom. The molecule has 146 valence electrons. The molecule has 0 spiro atoms. The number of rotatable bonds is 6. The Labute approximate surface area is 162 Å². The fourth-order valence-electron chi connectivity index (χ4n) is 3.55. The molecule has 1 aliphatic carbocycles. The van der Waals surface area contributed by atoms with E-state index in [1.165, 1.54) is 6.42 Å². The highest BCUT2D eigenvalue weighted by molar-refractivity contribution is 7.67. The van der Waals surface area contributed by atoms with Crippen LogP contribution in [0, 0.1) is 6.92 Å². The minimum atomic E-state index is -3.48. The van der Waals surface area contributed by atoms with E-state index in [0.717, 1.165) is 36.9 Å². The molecule has 0 aromatic heterocycles. The van der Waals surface area contributed by atoms with Crippen molar-refractivity contribution >= 4 is 18.4 Å². The molecule has 4 nitrogen and oxygen atoms in total. The minimum absolute atomic E-state index is 0.0572. The summed E-state index contributed by atoms with van der Waals surface area (Å²) in [6.07, 6.45) is 5.12. The zero-order valence-corrected chi connectivity index (χ0v) is 17.4. The predicted octanol–water partition coefficient (Wildman–Crippen LogP) is 5.00. The standard InChI is InChI=1S/C22H30NO3P/c1-17-9-11-18(12-10-17)22(24)27(25,26-20-7-5-4-6-8-20)21-15-13-19(14-16-21)23(2)3/h9-16,20,22,24H,4-8H2,1-3H3. The van der Waals surface area contributed by atoms with E-state index in [1.54, 1.807) is 0 Å². The maximum atomic E-state index is 14.1. The smallest absolute Gasteiger partial charge is 0.264 e. The molecule has 0 saturated heterocycles. The number of aryl methyl sites for hydroxylation is 1. The Bertz CT molecular complexity index is 780. The zero-order valence-electron chi connectivity index (χ0n) is 16.5. The lowest BCUT2D eigenvalue weighted by molar-refractivity contribution is 0.137. The van der Waals surface area contributed by atoms with Crippen molar-refractivity contribution in [3.05, 3.63) is 59.7 Å². The van der Waals surface area contributed by atoms with Gasteiger partial charge in [0.25, 0.3) is 7.37 Å². The maximum Gasteiger partial charge on any atom is 0.264 e. The average molecular weight is 387 g/mol. The number of benzene rings is 2. The van der Waals surface area contributed by atoms with Gasteiger partial charge in [-0.25, -0.2) is 0 Å². The van der Waals surface area contributed by atoms with E-state index >= 15 is 0 Å². The van der Waals surface area contributed by atoms with Crippen LogP contribution in [-0.4, -0.2) is 25.3 Å². The number of aliphatic hydroxyl groups excluding tert-OH is 1. The first-order chi connectivity index (χ1) is 12.9. The summed E-state index contributed by atoms with van der Waals surface area (Å²) < 4.78 is 20.3.